The van der Waals surface area contributed by atoms with Crippen molar-refractivity contribution in [3.05, 3.63) is 59.2 Å². The number of aryl methyl sites for hydroxylation is 2. The molecule has 1 aliphatic heterocycles. The zero-order chi connectivity index (χ0) is 19.5. The second-order valence-corrected chi connectivity index (χ2v) is 8.35. The standard InChI is InChI=1S/C22H26N4OS/c1-16-14-17(2)20-19(15-16)24-22(28-20)26-12-10-25(11-13-26)21(27)23-9-8-18-6-4-3-5-7-18/h3-7,14-15H,8-13H2,1-2H3,(H,23,27). The maximum Gasteiger partial charge on any atom is 0.317 e. The molecule has 2 heterocycles. The van der Waals surface area contributed by atoms with E-state index in [1.54, 1.807) is 11.3 Å². The van der Waals surface area contributed by atoms with Gasteiger partial charge < -0.3 is 15.1 Å². The van der Waals surface area contributed by atoms with Gasteiger partial charge >= 0.3 is 6.03 Å². The molecule has 1 aliphatic rings. The van der Waals surface area contributed by atoms with E-state index in [4.69, 9.17) is 4.98 Å². The number of benzene rings is 2. The number of thiazole rings is 1. The molecule has 1 saturated heterocycles. The Morgan fingerprint density at radius 1 is 1.11 bits per heavy atom. The van der Waals surface area contributed by atoms with E-state index in [0.717, 1.165) is 43.2 Å². The number of rotatable bonds is 4. The van der Waals surface area contributed by atoms with E-state index in [2.05, 4.69) is 48.3 Å². The van der Waals surface area contributed by atoms with Crippen LogP contribution in [-0.4, -0.2) is 48.6 Å². The quantitative estimate of drug-likeness (QED) is 0.728. The van der Waals surface area contributed by atoms with E-state index in [1.165, 1.54) is 21.4 Å². The number of amides is 2. The van der Waals surface area contributed by atoms with Crippen LogP contribution < -0.4 is 10.2 Å². The zero-order valence-corrected chi connectivity index (χ0v) is 17.3. The first-order valence-corrected chi connectivity index (χ1v) is 10.6. The summed E-state index contributed by atoms with van der Waals surface area (Å²) in [6.07, 6.45) is 0.858. The van der Waals surface area contributed by atoms with Crippen LogP contribution in [0.2, 0.25) is 0 Å². The second kappa shape index (κ2) is 8.19. The molecule has 0 unspecified atom stereocenters. The maximum absolute atomic E-state index is 12.4. The minimum atomic E-state index is 0.0337. The van der Waals surface area contributed by atoms with Crippen LogP contribution in [0.5, 0.6) is 0 Å². The van der Waals surface area contributed by atoms with Gasteiger partial charge in [-0.15, -0.1) is 0 Å². The number of aromatic nitrogens is 1. The van der Waals surface area contributed by atoms with Crippen molar-refractivity contribution in [2.45, 2.75) is 20.3 Å². The van der Waals surface area contributed by atoms with Crippen LogP contribution in [0.15, 0.2) is 42.5 Å². The maximum atomic E-state index is 12.4. The summed E-state index contributed by atoms with van der Waals surface area (Å²) in [5.74, 6) is 0. The number of urea groups is 1. The minimum absolute atomic E-state index is 0.0337. The Bertz CT molecular complexity index is 961. The normalized spacial score (nSPS) is 14.5. The van der Waals surface area contributed by atoms with Crippen LogP contribution in [0.4, 0.5) is 9.93 Å². The molecule has 2 aromatic carbocycles. The number of nitrogens with zero attached hydrogens (tertiary/aromatic N) is 3. The molecule has 146 valence electrons. The third kappa shape index (κ3) is 4.12. The number of carbonyl (C=O) groups excluding carboxylic acids is 1. The molecular weight excluding hydrogens is 368 g/mol. The molecule has 0 aliphatic carbocycles. The van der Waals surface area contributed by atoms with Crippen molar-refractivity contribution in [1.82, 2.24) is 15.2 Å². The summed E-state index contributed by atoms with van der Waals surface area (Å²) in [5, 5.41) is 4.11. The van der Waals surface area contributed by atoms with Crippen LogP contribution in [0.1, 0.15) is 16.7 Å². The topological polar surface area (TPSA) is 48.5 Å². The molecule has 1 fully saturated rings. The Kier molecular flexibility index (Phi) is 5.48. The molecule has 6 heteroatoms. The number of anilines is 1. The Balaban J connectivity index is 1.30. The van der Waals surface area contributed by atoms with Crippen LogP contribution in [0, 0.1) is 13.8 Å². The predicted octanol–water partition coefficient (Wildman–Crippen LogP) is 3.99. The first kappa shape index (κ1) is 18.7. The van der Waals surface area contributed by atoms with Gasteiger partial charge in [-0.05, 0) is 43.0 Å². The fourth-order valence-corrected chi connectivity index (χ4v) is 4.74. The number of hydrogen-bond acceptors (Lipinski definition) is 4. The summed E-state index contributed by atoms with van der Waals surface area (Å²) in [7, 11) is 0. The molecule has 5 nitrogen and oxygen atoms in total. The SMILES string of the molecule is Cc1cc(C)c2sc(N3CCN(C(=O)NCCc4ccccc4)CC3)nc2c1. The largest absolute Gasteiger partial charge is 0.345 e. The van der Waals surface area contributed by atoms with Gasteiger partial charge in [0.15, 0.2) is 5.13 Å². The van der Waals surface area contributed by atoms with Crippen molar-refractivity contribution in [1.29, 1.82) is 0 Å². The molecular formula is C22H26N4OS. The summed E-state index contributed by atoms with van der Waals surface area (Å²) < 4.78 is 1.27. The lowest BCUT2D eigenvalue weighted by atomic mass is 10.1. The van der Waals surface area contributed by atoms with Gasteiger partial charge in [0.25, 0.3) is 0 Å². The van der Waals surface area contributed by atoms with Crippen molar-refractivity contribution in [3.8, 4) is 0 Å². The van der Waals surface area contributed by atoms with E-state index >= 15 is 0 Å². The predicted molar refractivity (Wildman–Crippen MR) is 116 cm³/mol. The Morgan fingerprint density at radius 2 is 1.86 bits per heavy atom. The molecule has 0 atom stereocenters. The summed E-state index contributed by atoms with van der Waals surface area (Å²) in [6, 6.07) is 14.6. The fourth-order valence-electron chi connectivity index (χ4n) is 3.67. The highest BCUT2D eigenvalue weighted by Crippen LogP contribution is 2.32. The fraction of sp³-hybridized carbons (Fsp3) is 0.364. The molecule has 0 radical (unpaired) electrons. The van der Waals surface area contributed by atoms with Gasteiger partial charge in [-0.25, -0.2) is 9.78 Å². The molecule has 2 amide bonds. The van der Waals surface area contributed by atoms with Gasteiger partial charge in [-0.2, -0.15) is 0 Å². The smallest absolute Gasteiger partial charge is 0.317 e. The number of piperazine rings is 1. The van der Waals surface area contributed by atoms with Gasteiger partial charge in [0, 0.05) is 32.7 Å². The first-order chi connectivity index (χ1) is 13.6. The molecule has 1 N–H and O–H groups in total. The average Bonchev–Trinajstić information content (AvgIpc) is 3.13. The van der Waals surface area contributed by atoms with Gasteiger partial charge in [-0.1, -0.05) is 47.7 Å². The van der Waals surface area contributed by atoms with Gasteiger partial charge in [0.2, 0.25) is 0 Å². The van der Waals surface area contributed by atoms with Crippen molar-refractivity contribution < 1.29 is 4.79 Å². The second-order valence-electron chi connectivity index (χ2n) is 7.37. The van der Waals surface area contributed by atoms with Crippen molar-refractivity contribution in [2.24, 2.45) is 0 Å². The molecule has 0 spiro atoms. The highest BCUT2D eigenvalue weighted by molar-refractivity contribution is 7.22. The van der Waals surface area contributed by atoms with Crippen molar-refractivity contribution in [2.75, 3.05) is 37.6 Å². The molecule has 0 saturated carbocycles. The average molecular weight is 395 g/mol. The number of hydrogen-bond donors (Lipinski definition) is 1. The van der Waals surface area contributed by atoms with Crippen molar-refractivity contribution in [3.63, 3.8) is 0 Å². The molecule has 0 bridgehead atoms. The van der Waals surface area contributed by atoms with Crippen LogP contribution in [0.3, 0.4) is 0 Å². The zero-order valence-electron chi connectivity index (χ0n) is 16.4. The van der Waals surface area contributed by atoms with Crippen LogP contribution in [-0.2, 0) is 6.42 Å². The summed E-state index contributed by atoms with van der Waals surface area (Å²) in [5.41, 5.74) is 4.86. The van der Waals surface area contributed by atoms with E-state index in [-0.39, 0.29) is 6.03 Å². The Labute approximate surface area is 170 Å². The number of nitrogens with one attached hydrogen (secondary N) is 1. The third-order valence-corrected chi connectivity index (χ3v) is 6.45. The monoisotopic (exact) mass is 394 g/mol. The Hall–Kier alpha value is -2.60. The lowest BCUT2D eigenvalue weighted by molar-refractivity contribution is 0.194. The van der Waals surface area contributed by atoms with Crippen LogP contribution >= 0.6 is 11.3 Å². The summed E-state index contributed by atoms with van der Waals surface area (Å²) >= 11 is 1.76. The Morgan fingerprint density at radius 3 is 2.61 bits per heavy atom. The highest BCUT2D eigenvalue weighted by Gasteiger charge is 2.23. The molecule has 1 aromatic heterocycles. The van der Waals surface area contributed by atoms with Gasteiger partial charge in [-0.3, -0.25) is 0 Å². The van der Waals surface area contributed by atoms with E-state index < -0.39 is 0 Å². The van der Waals surface area contributed by atoms with E-state index in [0.29, 0.717) is 6.54 Å². The number of fused-ring (bicyclic) bond motifs is 1. The molecule has 28 heavy (non-hydrogen) atoms. The number of carbonyl (C=O) groups is 1. The molecule has 4 rings (SSSR count). The van der Waals surface area contributed by atoms with Gasteiger partial charge in [0.05, 0.1) is 10.2 Å². The lowest BCUT2D eigenvalue weighted by Crippen LogP contribution is -2.52. The lowest BCUT2D eigenvalue weighted by Gasteiger charge is -2.34. The first-order valence-electron chi connectivity index (χ1n) is 9.79. The summed E-state index contributed by atoms with van der Waals surface area (Å²) in [4.78, 5) is 21.5. The third-order valence-electron chi connectivity index (χ3n) is 5.18. The molecule has 3 aromatic rings. The minimum Gasteiger partial charge on any atom is -0.345 e. The highest BCUT2D eigenvalue weighted by atomic mass is 32.1. The van der Waals surface area contributed by atoms with E-state index in [1.807, 2.05) is 23.1 Å². The van der Waals surface area contributed by atoms with E-state index in [9.17, 15) is 4.79 Å². The van der Waals surface area contributed by atoms with Crippen molar-refractivity contribution >= 4 is 32.7 Å². The van der Waals surface area contributed by atoms with Gasteiger partial charge in [0.1, 0.15) is 0 Å². The van der Waals surface area contributed by atoms with Crippen LogP contribution in [0.25, 0.3) is 10.2 Å². The summed E-state index contributed by atoms with van der Waals surface area (Å²) in [6.45, 7) is 8.03.